The third-order valence-electron chi connectivity index (χ3n) is 4.94. The zero-order valence-electron chi connectivity index (χ0n) is 14.0. The summed E-state index contributed by atoms with van der Waals surface area (Å²) in [6.07, 6.45) is 7.49. The van der Waals surface area contributed by atoms with Crippen molar-refractivity contribution in [1.82, 2.24) is 15.2 Å². The van der Waals surface area contributed by atoms with Gasteiger partial charge in [0.1, 0.15) is 11.9 Å². The van der Waals surface area contributed by atoms with E-state index in [0.29, 0.717) is 29.9 Å². The lowest BCUT2D eigenvalue weighted by atomic mass is 10.1. The molecule has 2 fully saturated rings. The first-order valence-electron chi connectivity index (χ1n) is 8.85. The van der Waals surface area contributed by atoms with Crippen LogP contribution in [0.15, 0.2) is 18.3 Å². The molecule has 1 saturated heterocycles. The van der Waals surface area contributed by atoms with E-state index in [9.17, 15) is 4.79 Å². The number of nitrogens with one attached hydrogen (secondary N) is 2. The summed E-state index contributed by atoms with van der Waals surface area (Å²) in [5.41, 5.74) is 0.572. The van der Waals surface area contributed by atoms with Gasteiger partial charge < -0.3 is 10.6 Å². The summed E-state index contributed by atoms with van der Waals surface area (Å²) in [6, 6.07) is 6.08. The maximum Gasteiger partial charge on any atom is 0.234 e. The number of amides is 1. The Morgan fingerprint density at radius 2 is 2.21 bits per heavy atom. The number of carbonyl (C=O) groups excluding carboxylic acids is 1. The molecule has 6 heteroatoms. The first-order valence-corrected chi connectivity index (χ1v) is 8.85. The minimum Gasteiger partial charge on any atom is -0.369 e. The van der Waals surface area contributed by atoms with Crippen LogP contribution in [0.5, 0.6) is 0 Å². The van der Waals surface area contributed by atoms with Crippen molar-refractivity contribution in [2.45, 2.75) is 38.1 Å². The van der Waals surface area contributed by atoms with Crippen molar-refractivity contribution in [3.8, 4) is 6.07 Å². The first-order chi connectivity index (χ1) is 11.7. The van der Waals surface area contributed by atoms with Gasteiger partial charge in [0.05, 0.1) is 12.1 Å². The van der Waals surface area contributed by atoms with Crippen molar-refractivity contribution >= 4 is 11.7 Å². The average Bonchev–Trinajstić information content (AvgIpc) is 3.25. The standard InChI is InChI=1S/C18H25N5O/c19-10-15-4-3-8-20-18(15)21-11-14-7-9-23(12-14)13-17(24)22-16-5-1-2-6-16/h3-4,8,14,16H,1-2,5-7,9,11-13H2,(H,20,21)(H,22,24)/t14-/m0/s1. The van der Waals surface area contributed by atoms with Gasteiger partial charge in [-0.3, -0.25) is 9.69 Å². The van der Waals surface area contributed by atoms with Gasteiger partial charge in [-0.1, -0.05) is 12.8 Å². The van der Waals surface area contributed by atoms with Crippen molar-refractivity contribution in [3.63, 3.8) is 0 Å². The predicted octanol–water partition coefficient (Wildman–Crippen LogP) is 1.75. The molecular weight excluding hydrogens is 302 g/mol. The van der Waals surface area contributed by atoms with E-state index >= 15 is 0 Å². The molecule has 1 aliphatic heterocycles. The topological polar surface area (TPSA) is 81.1 Å². The summed E-state index contributed by atoms with van der Waals surface area (Å²) >= 11 is 0. The number of nitrogens with zero attached hydrogens (tertiary/aromatic N) is 3. The molecule has 2 heterocycles. The second kappa shape index (κ2) is 8.11. The van der Waals surface area contributed by atoms with Gasteiger partial charge in [-0.2, -0.15) is 5.26 Å². The summed E-state index contributed by atoms with van der Waals surface area (Å²) in [6.45, 7) is 3.16. The Balaban J connectivity index is 1.40. The Labute approximate surface area is 143 Å². The smallest absolute Gasteiger partial charge is 0.234 e. The van der Waals surface area contributed by atoms with Gasteiger partial charge in [0.25, 0.3) is 0 Å². The van der Waals surface area contributed by atoms with Crippen LogP contribution in [0.1, 0.15) is 37.7 Å². The molecule has 1 amide bonds. The lowest BCUT2D eigenvalue weighted by Crippen LogP contribution is -2.40. The monoisotopic (exact) mass is 327 g/mol. The van der Waals surface area contributed by atoms with Crippen LogP contribution >= 0.6 is 0 Å². The van der Waals surface area contributed by atoms with Crippen LogP contribution in [-0.2, 0) is 4.79 Å². The van der Waals surface area contributed by atoms with Crippen molar-refractivity contribution in [3.05, 3.63) is 23.9 Å². The van der Waals surface area contributed by atoms with E-state index in [1.54, 1.807) is 18.3 Å². The molecule has 2 N–H and O–H groups in total. The van der Waals surface area contributed by atoms with Crippen molar-refractivity contribution < 1.29 is 4.79 Å². The van der Waals surface area contributed by atoms with Gasteiger partial charge in [0, 0.05) is 25.3 Å². The van der Waals surface area contributed by atoms with Crippen LogP contribution in [-0.4, -0.2) is 48.0 Å². The molecule has 1 saturated carbocycles. The second-order valence-electron chi connectivity index (χ2n) is 6.83. The lowest BCUT2D eigenvalue weighted by Gasteiger charge is -2.18. The zero-order valence-corrected chi connectivity index (χ0v) is 14.0. The molecule has 1 atom stereocenters. The van der Waals surface area contributed by atoms with E-state index in [0.717, 1.165) is 38.9 Å². The summed E-state index contributed by atoms with van der Waals surface area (Å²) in [5.74, 6) is 1.29. The minimum atomic E-state index is 0.159. The number of aromatic nitrogens is 1. The number of hydrogen-bond donors (Lipinski definition) is 2. The number of pyridine rings is 1. The van der Waals surface area contributed by atoms with Crippen molar-refractivity contribution in [2.24, 2.45) is 5.92 Å². The number of anilines is 1. The molecule has 1 aromatic heterocycles. The Morgan fingerprint density at radius 3 is 3.00 bits per heavy atom. The molecule has 1 aromatic rings. The van der Waals surface area contributed by atoms with Gasteiger partial charge in [0.2, 0.25) is 5.91 Å². The summed E-state index contributed by atoms with van der Waals surface area (Å²) in [5, 5.41) is 15.5. The third-order valence-corrected chi connectivity index (χ3v) is 4.94. The maximum absolute atomic E-state index is 12.1. The molecule has 0 spiro atoms. The molecule has 6 nitrogen and oxygen atoms in total. The van der Waals surface area contributed by atoms with Crippen LogP contribution < -0.4 is 10.6 Å². The van der Waals surface area contributed by atoms with Crippen LogP contribution in [0, 0.1) is 17.2 Å². The highest BCUT2D eigenvalue weighted by molar-refractivity contribution is 5.78. The van der Waals surface area contributed by atoms with Crippen molar-refractivity contribution in [2.75, 3.05) is 31.5 Å². The van der Waals surface area contributed by atoms with Crippen LogP contribution in [0.3, 0.4) is 0 Å². The minimum absolute atomic E-state index is 0.159. The normalized spacial score (nSPS) is 21.5. The van der Waals surface area contributed by atoms with Crippen LogP contribution in [0.25, 0.3) is 0 Å². The fourth-order valence-electron chi connectivity index (χ4n) is 3.65. The van der Waals surface area contributed by atoms with Crippen molar-refractivity contribution in [1.29, 1.82) is 5.26 Å². The number of nitriles is 1. The summed E-state index contributed by atoms with van der Waals surface area (Å²) in [4.78, 5) is 18.6. The summed E-state index contributed by atoms with van der Waals surface area (Å²) in [7, 11) is 0. The van der Waals surface area contributed by atoms with E-state index in [4.69, 9.17) is 5.26 Å². The first kappa shape index (κ1) is 16.7. The van der Waals surface area contributed by atoms with Gasteiger partial charge >= 0.3 is 0 Å². The number of likely N-dealkylation sites (tertiary alicyclic amines) is 1. The Kier molecular flexibility index (Phi) is 5.65. The number of hydrogen-bond acceptors (Lipinski definition) is 5. The predicted molar refractivity (Wildman–Crippen MR) is 92.4 cm³/mol. The van der Waals surface area contributed by atoms with E-state index in [-0.39, 0.29) is 5.91 Å². The highest BCUT2D eigenvalue weighted by Gasteiger charge is 2.25. The van der Waals surface area contributed by atoms with E-state index < -0.39 is 0 Å². The lowest BCUT2D eigenvalue weighted by molar-refractivity contribution is -0.122. The number of carbonyl (C=O) groups is 1. The molecular formula is C18H25N5O. The zero-order chi connectivity index (χ0) is 16.8. The largest absolute Gasteiger partial charge is 0.369 e. The Morgan fingerprint density at radius 1 is 1.38 bits per heavy atom. The molecule has 0 unspecified atom stereocenters. The van der Waals surface area contributed by atoms with Gasteiger partial charge in [-0.25, -0.2) is 4.98 Å². The second-order valence-corrected chi connectivity index (χ2v) is 6.83. The molecule has 128 valence electrons. The molecule has 3 rings (SSSR count). The molecule has 0 aromatic carbocycles. The highest BCUT2D eigenvalue weighted by Crippen LogP contribution is 2.19. The molecule has 0 bridgehead atoms. The Bertz CT molecular complexity index is 606. The maximum atomic E-state index is 12.1. The SMILES string of the molecule is N#Cc1cccnc1NC[C@@H]1CCN(CC(=O)NC2CCCC2)C1. The number of rotatable bonds is 6. The molecule has 0 radical (unpaired) electrons. The van der Waals surface area contributed by atoms with Gasteiger partial charge in [0.15, 0.2) is 0 Å². The Hall–Kier alpha value is -2.13. The average molecular weight is 327 g/mol. The van der Waals surface area contributed by atoms with Crippen LogP contribution in [0.4, 0.5) is 5.82 Å². The van der Waals surface area contributed by atoms with Gasteiger partial charge in [-0.15, -0.1) is 0 Å². The molecule has 24 heavy (non-hydrogen) atoms. The highest BCUT2D eigenvalue weighted by atomic mass is 16.2. The van der Waals surface area contributed by atoms with E-state index in [1.165, 1.54) is 12.8 Å². The molecule has 2 aliphatic rings. The van der Waals surface area contributed by atoms with Crippen LogP contribution in [0.2, 0.25) is 0 Å². The summed E-state index contributed by atoms with van der Waals surface area (Å²) < 4.78 is 0. The van der Waals surface area contributed by atoms with E-state index in [1.807, 2.05) is 0 Å². The third kappa shape index (κ3) is 4.45. The quantitative estimate of drug-likeness (QED) is 0.832. The van der Waals surface area contributed by atoms with E-state index in [2.05, 4.69) is 26.6 Å². The van der Waals surface area contributed by atoms with Gasteiger partial charge in [-0.05, 0) is 43.9 Å². The molecule has 1 aliphatic carbocycles. The fraction of sp³-hybridized carbons (Fsp3) is 0.611. The fourth-order valence-corrected chi connectivity index (χ4v) is 3.65.